The van der Waals surface area contributed by atoms with Crippen LogP contribution in [-0.2, 0) is 6.42 Å². The van der Waals surface area contributed by atoms with Crippen molar-refractivity contribution in [2.45, 2.75) is 25.9 Å². The van der Waals surface area contributed by atoms with Crippen LogP contribution in [0.5, 0.6) is 0 Å². The van der Waals surface area contributed by atoms with Gasteiger partial charge in [-0.25, -0.2) is 0 Å². The molecule has 2 aromatic carbocycles. The molecule has 1 unspecified atom stereocenters. The van der Waals surface area contributed by atoms with Crippen LogP contribution in [0.4, 0.5) is 0 Å². The number of fused-ring (bicyclic) bond motifs is 1. The molecule has 3 heteroatoms. The fraction of sp³-hybridized carbons (Fsp3) is 0.278. The molecule has 0 aromatic heterocycles. The summed E-state index contributed by atoms with van der Waals surface area (Å²) >= 11 is 0. The van der Waals surface area contributed by atoms with Gasteiger partial charge in [-0.05, 0) is 42.5 Å². The first kappa shape index (κ1) is 13.8. The molecule has 0 fully saturated rings. The first-order valence-corrected chi connectivity index (χ1v) is 7.31. The van der Waals surface area contributed by atoms with E-state index >= 15 is 0 Å². The summed E-state index contributed by atoms with van der Waals surface area (Å²) in [7, 11) is 0. The van der Waals surface area contributed by atoms with Gasteiger partial charge in [0.1, 0.15) is 6.10 Å². The van der Waals surface area contributed by atoms with Crippen molar-refractivity contribution in [1.29, 1.82) is 0 Å². The van der Waals surface area contributed by atoms with E-state index in [0.717, 1.165) is 35.1 Å². The van der Waals surface area contributed by atoms with Crippen molar-refractivity contribution in [2.75, 3.05) is 6.54 Å². The second-order valence-corrected chi connectivity index (χ2v) is 5.59. The summed E-state index contributed by atoms with van der Waals surface area (Å²) in [4.78, 5) is 12.1. The van der Waals surface area contributed by atoms with Crippen LogP contribution >= 0.6 is 0 Å². The zero-order valence-corrected chi connectivity index (χ0v) is 12.1. The van der Waals surface area contributed by atoms with E-state index in [1.807, 2.05) is 49.4 Å². The van der Waals surface area contributed by atoms with E-state index in [4.69, 9.17) is 0 Å². The number of aryl methyl sites for hydroxylation is 2. The third kappa shape index (κ3) is 2.83. The molecule has 1 aliphatic heterocycles. The van der Waals surface area contributed by atoms with Crippen LogP contribution in [0.2, 0.25) is 0 Å². The average Bonchev–Trinajstić information content (AvgIpc) is 2.68. The molecule has 1 heterocycles. The van der Waals surface area contributed by atoms with Crippen LogP contribution < -0.4 is 5.32 Å². The highest BCUT2D eigenvalue weighted by Gasteiger charge is 2.18. The molecule has 108 valence electrons. The molecule has 0 saturated heterocycles. The number of carbonyl (C=O) groups excluding carboxylic acids is 1. The fourth-order valence-corrected chi connectivity index (χ4v) is 2.80. The van der Waals surface area contributed by atoms with Crippen molar-refractivity contribution in [2.24, 2.45) is 0 Å². The third-order valence-corrected chi connectivity index (χ3v) is 3.96. The lowest BCUT2D eigenvalue weighted by molar-refractivity contribution is 0.0956. The van der Waals surface area contributed by atoms with Crippen LogP contribution in [0, 0.1) is 6.92 Å². The minimum Gasteiger partial charge on any atom is -0.384 e. The number of carbonyl (C=O) groups is 1. The number of hydrogen-bond acceptors (Lipinski definition) is 2. The number of benzene rings is 2. The lowest BCUT2D eigenvalue weighted by Crippen LogP contribution is -2.22. The fourth-order valence-electron chi connectivity index (χ4n) is 2.80. The molecule has 3 nitrogen and oxygen atoms in total. The first-order chi connectivity index (χ1) is 10.1. The molecule has 21 heavy (non-hydrogen) atoms. The van der Waals surface area contributed by atoms with Gasteiger partial charge in [0.25, 0.3) is 5.91 Å². The molecule has 0 radical (unpaired) electrons. The van der Waals surface area contributed by atoms with Gasteiger partial charge in [-0.2, -0.15) is 0 Å². The lowest BCUT2D eigenvalue weighted by atomic mass is 9.95. The van der Waals surface area contributed by atoms with Crippen molar-refractivity contribution in [3.63, 3.8) is 0 Å². The molecule has 1 amide bonds. The zero-order chi connectivity index (χ0) is 14.8. The molecule has 2 N–H and O–H groups in total. The van der Waals surface area contributed by atoms with Crippen LogP contribution in [0.15, 0.2) is 42.5 Å². The largest absolute Gasteiger partial charge is 0.384 e. The maximum atomic E-state index is 12.1. The van der Waals surface area contributed by atoms with Crippen molar-refractivity contribution in [3.05, 3.63) is 70.3 Å². The summed E-state index contributed by atoms with van der Waals surface area (Å²) < 4.78 is 0. The quantitative estimate of drug-likeness (QED) is 0.889. The number of hydrogen-bond donors (Lipinski definition) is 2. The molecule has 1 aliphatic rings. The molecular weight excluding hydrogens is 262 g/mol. The highest BCUT2D eigenvalue weighted by Crippen LogP contribution is 2.26. The van der Waals surface area contributed by atoms with Crippen LogP contribution in [0.3, 0.4) is 0 Å². The van der Waals surface area contributed by atoms with Crippen molar-refractivity contribution < 1.29 is 9.90 Å². The summed E-state index contributed by atoms with van der Waals surface area (Å²) in [5, 5.41) is 13.4. The van der Waals surface area contributed by atoms with E-state index in [0.29, 0.717) is 12.1 Å². The molecule has 0 spiro atoms. The number of nitrogens with one attached hydrogen (secondary N) is 1. The van der Waals surface area contributed by atoms with Crippen molar-refractivity contribution in [3.8, 4) is 0 Å². The van der Waals surface area contributed by atoms with E-state index in [2.05, 4.69) is 5.32 Å². The van der Waals surface area contributed by atoms with E-state index in [1.165, 1.54) is 0 Å². The van der Waals surface area contributed by atoms with Crippen LogP contribution in [0.1, 0.15) is 45.1 Å². The highest BCUT2D eigenvalue weighted by molar-refractivity contribution is 5.96. The van der Waals surface area contributed by atoms with Crippen LogP contribution in [0.25, 0.3) is 0 Å². The van der Waals surface area contributed by atoms with Crippen molar-refractivity contribution >= 4 is 5.91 Å². The van der Waals surface area contributed by atoms with Gasteiger partial charge in [-0.15, -0.1) is 0 Å². The van der Waals surface area contributed by atoms with E-state index in [9.17, 15) is 9.90 Å². The average molecular weight is 281 g/mol. The highest BCUT2D eigenvalue weighted by atomic mass is 16.3. The molecule has 0 aliphatic carbocycles. The summed E-state index contributed by atoms with van der Waals surface area (Å²) in [6, 6.07) is 13.5. The Morgan fingerprint density at radius 2 is 1.95 bits per heavy atom. The Labute approximate surface area is 124 Å². The molecule has 1 atom stereocenters. The predicted molar refractivity (Wildman–Crippen MR) is 82.3 cm³/mol. The molecule has 3 rings (SSSR count). The third-order valence-electron chi connectivity index (χ3n) is 3.96. The molecular formula is C18H19NO2. The Kier molecular flexibility index (Phi) is 3.76. The van der Waals surface area contributed by atoms with E-state index in [1.54, 1.807) is 0 Å². The Balaban J connectivity index is 1.98. The Bertz CT molecular complexity index is 679. The van der Waals surface area contributed by atoms with Gasteiger partial charge in [0.05, 0.1) is 0 Å². The summed E-state index contributed by atoms with van der Waals surface area (Å²) in [5.74, 6) is -0.0409. The van der Waals surface area contributed by atoms with Gasteiger partial charge in [-0.3, -0.25) is 4.79 Å². The zero-order valence-electron chi connectivity index (χ0n) is 12.1. The standard InChI is InChI=1S/C18H19NO2/c1-12-4-2-5-14(10-12)17(20)15-8-7-13-6-3-9-19-18(21)16(13)11-15/h2,4-5,7-8,10-11,17,20H,3,6,9H2,1H3,(H,19,21). The normalized spacial score (nSPS) is 15.8. The smallest absolute Gasteiger partial charge is 0.251 e. The summed E-state index contributed by atoms with van der Waals surface area (Å²) in [6.45, 7) is 2.71. The van der Waals surface area contributed by atoms with Gasteiger partial charge in [0.15, 0.2) is 0 Å². The van der Waals surface area contributed by atoms with Gasteiger partial charge >= 0.3 is 0 Å². The minimum absolute atomic E-state index is 0.0409. The predicted octanol–water partition coefficient (Wildman–Crippen LogP) is 2.75. The van der Waals surface area contributed by atoms with Gasteiger partial charge in [-0.1, -0.05) is 42.0 Å². The monoisotopic (exact) mass is 281 g/mol. The van der Waals surface area contributed by atoms with Crippen molar-refractivity contribution in [1.82, 2.24) is 5.32 Å². The SMILES string of the molecule is Cc1cccc(C(O)c2ccc3c(c2)C(=O)NCCC3)c1. The molecule has 0 saturated carbocycles. The molecule has 0 bridgehead atoms. The Morgan fingerprint density at radius 1 is 1.14 bits per heavy atom. The maximum Gasteiger partial charge on any atom is 0.251 e. The van der Waals surface area contributed by atoms with Gasteiger partial charge in [0, 0.05) is 12.1 Å². The number of rotatable bonds is 2. The number of amides is 1. The van der Waals surface area contributed by atoms with E-state index < -0.39 is 6.10 Å². The van der Waals surface area contributed by atoms with Gasteiger partial charge in [0.2, 0.25) is 0 Å². The minimum atomic E-state index is -0.703. The van der Waals surface area contributed by atoms with E-state index in [-0.39, 0.29) is 5.91 Å². The van der Waals surface area contributed by atoms with Crippen LogP contribution in [-0.4, -0.2) is 17.6 Å². The second kappa shape index (κ2) is 5.70. The number of aliphatic hydroxyl groups excluding tert-OH is 1. The topological polar surface area (TPSA) is 49.3 Å². The number of aliphatic hydroxyl groups is 1. The first-order valence-electron chi connectivity index (χ1n) is 7.31. The maximum absolute atomic E-state index is 12.1. The second-order valence-electron chi connectivity index (χ2n) is 5.59. The Morgan fingerprint density at radius 3 is 2.76 bits per heavy atom. The molecule has 2 aromatic rings. The van der Waals surface area contributed by atoms with Gasteiger partial charge < -0.3 is 10.4 Å². The summed E-state index contributed by atoms with van der Waals surface area (Å²) in [6.07, 6.45) is 1.15. The summed E-state index contributed by atoms with van der Waals surface area (Å²) in [5.41, 5.74) is 4.47. The lowest BCUT2D eigenvalue weighted by Gasteiger charge is -2.14. The Hall–Kier alpha value is -2.13.